The van der Waals surface area contributed by atoms with E-state index in [-0.39, 0.29) is 12.5 Å². The predicted octanol–water partition coefficient (Wildman–Crippen LogP) is 3.81. The maximum atomic E-state index is 11.9. The highest BCUT2D eigenvalue weighted by molar-refractivity contribution is 6.30. The number of methoxy groups -OCH3 is 1. The highest BCUT2D eigenvalue weighted by Gasteiger charge is 2.15. The number of nitrogens with one attached hydrogen (secondary N) is 1. The summed E-state index contributed by atoms with van der Waals surface area (Å²) in [6.07, 6.45) is 0.911. The summed E-state index contributed by atoms with van der Waals surface area (Å²) < 4.78 is 15.8. The van der Waals surface area contributed by atoms with E-state index < -0.39 is 5.97 Å². The standard InChI is InChI=1S/C19H22ClNO5/c1-12-9-14(20)6-7-17(12)25-8-4-5-18(22)21-11-15-10-16(13(2)26-15)19(23)24-3/h6-7,9-10H,4-5,8,11H2,1-3H3,(H,21,22). The molecule has 140 valence electrons. The van der Waals surface area contributed by atoms with Crippen molar-refractivity contribution in [2.24, 2.45) is 0 Å². The molecule has 1 N–H and O–H groups in total. The molecule has 2 rings (SSSR count). The fraction of sp³-hybridized carbons (Fsp3) is 0.368. The summed E-state index contributed by atoms with van der Waals surface area (Å²) in [5.74, 6) is 1.15. The Kier molecular flexibility index (Phi) is 7.09. The van der Waals surface area contributed by atoms with Crippen LogP contribution in [0.5, 0.6) is 5.75 Å². The molecule has 0 aliphatic carbocycles. The van der Waals surface area contributed by atoms with Crippen molar-refractivity contribution >= 4 is 23.5 Å². The van der Waals surface area contributed by atoms with Gasteiger partial charge in [0.1, 0.15) is 22.8 Å². The first-order valence-corrected chi connectivity index (χ1v) is 8.61. The molecule has 0 spiro atoms. The second-order valence-corrected chi connectivity index (χ2v) is 6.25. The maximum Gasteiger partial charge on any atom is 0.341 e. The topological polar surface area (TPSA) is 77.8 Å². The van der Waals surface area contributed by atoms with Gasteiger partial charge in [0, 0.05) is 11.4 Å². The second-order valence-electron chi connectivity index (χ2n) is 5.81. The molecule has 1 aromatic carbocycles. The Labute approximate surface area is 157 Å². The summed E-state index contributed by atoms with van der Waals surface area (Å²) in [6, 6.07) is 6.99. The molecule has 0 atom stereocenters. The first-order valence-electron chi connectivity index (χ1n) is 8.24. The number of carbonyl (C=O) groups excluding carboxylic acids is 2. The van der Waals surface area contributed by atoms with Crippen LogP contribution in [0.2, 0.25) is 5.02 Å². The molecular formula is C19H22ClNO5. The number of aryl methyl sites for hydroxylation is 2. The molecule has 0 fully saturated rings. The molecule has 1 heterocycles. The minimum Gasteiger partial charge on any atom is -0.493 e. The van der Waals surface area contributed by atoms with Crippen LogP contribution in [-0.2, 0) is 16.1 Å². The minimum atomic E-state index is -0.460. The first-order chi connectivity index (χ1) is 12.4. The van der Waals surface area contributed by atoms with E-state index >= 15 is 0 Å². The third-order valence-electron chi connectivity index (χ3n) is 3.78. The fourth-order valence-corrected chi connectivity index (χ4v) is 2.63. The smallest absolute Gasteiger partial charge is 0.341 e. The molecule has 0 unspecified atom stereocenters. The Morgan fingerprint density at radius 3 is 2.69 bits per heavy atom. The minimum absolute atomic E-state index is 0.116. The summed E-state index contributed by atoms with van der Waals surface area (Å²) >= 11 is 5.90. The Balaban J connectivity index is 1.71. The van der Waals surface area contributed by atoms with Crippen LogP contribution in [0.3, 0.4) is 0 Å². The van der Waals surface area contributed by atoms with Crippen LogP contribution in [-0.4, -0.2) is 25.6 Å². The van der Waals surface area contributed by atoms with Crippen LogP contribution >= 0.6 is 11.6 Å². The molecule has 0 aliphatic heterocycles. The quantitative estimate of drug-likeness (QED) is 0.557. The number of hydrogen-bond donors (Lipinski definition) is 1. The molecule has 6 nitrogen and oxygen atoms in total. The number of ether oxygens (including phenoxy) is 2. The van der Waals surface area contributed by atoms with Gasteiger partial charge in [0.15, 0.2) is 0 Å². The third-order valence-corrected chi connectivity index (χ3v) is 4.01. The van der Waals surface area contributed by atoms with Gasteiger partial charge in [0.05, 0.1) is 20.3 Å². The number of halogens is 1. The zero-order valence-corrected chi connectivity index (χ0v) is 15.8. The molecular weight excluding hydrogens is 358 g/mol. The molecule has 26 heavy (non-hydrogen) atoms. The summed E-state index contributed by atoms with van der Waals surface area (Å²) in [5, 5.41) is 3.42. The summed E-state index contributed by atoms with van der Waals surface area (Å²) in [6.45, 7) is 4.24. The molecule has 0 saturated carbocycles. The highest BCUT2D eigenvalue weighted by Crippen LogP contribution is 2.22. The number of carbonyl (C=O) groups is 2. The predicted molar refractivity (Wildman–Crippen MR) is 97.5 cm³/mol. The van der Waals surface area contributed by atoms with Crippen molar-refractivity contribution in [3.63, 3.8) is 0 Å². The van der Waals surface area contributed by atoms with Gasteiger partial charge < -0.3 is 19.2 Å². The molecule has 0 saturated heterocycles. The van der Waals surface area contributed by atoms with Gasteiger partial charge in [-0.05, 0) is 50.1 Å². The van der Waals surface area contributed by atoms with E-state index in [1.165, 1.54) is 7.11 Å². The van der Waals surface area contributed by atoms with Crippen LogP contribution in [0.25, 0.3) is 0 Å². The lowest BCUT2D eigenvalue weighted by atomic mass is 10.2. The first kappa shape index (κ1) is 19.8. The second kappa shape index (κ2) is 9.29. The van der Waals surface area contributed by atoms with Crippen molar-refractivity contribution < 1.29 is 23.5 Å². The lowest BCUT2D eigenvalue weighted by Gasteiger charge is -2.09. The SMILES string of the molecule is COC(=O)c1cc(CNC(=O)CCCOc2ccc(Cl)cc2C)oc1C. The van der Waals surface area contributed by atoms with Crippen molar-refractivity contribution in [1.29, 1.82) is 0 Å². The van der Waals surface area contributed by atoms with Crippen molar-refractivity contribution in [3.8, 4) is 5.75 Å². The maximum absolute atomic E-state index is 11.9. The van der Waals surface area contributed by atoms with Gasteiger partial charge in [0.2, 0.25) is 5.91 Å². The van der Waals surface area contributed by atoms with E-state index in [0.717, 1.165) is 11.3 Å². The van der Waals surface area contributed by atoms with Gasteiger partial charge in [-0.1, -0.05) is 11.6 Å². The van der Waals surface area contributed by atoms with Gasteiger partial charge in [0.25, 0.3) is 0 Å². The largest absolute Gasteiger partial charge is 0.493 e. The lowest BCUT2D eigenvalue weighted by molar-refractivity contribution is -0.121. The van der Waals surface area contributed by atoms with Gasteiger partial charge in [-0.15, -0.1) is 0 Å². The van der Waals surface area contributed by atoms with E-state index in [1.807, 2.05) is 19.1 Å². The van der Waals surface area contributed by atoms with Gasteiger partial charge >= 0.3 is 5.97 Å². The fourth-order valence-electron chi connectivity index (χ4n) is 2.41. The molecule has 7 heteroatoms. The zero-order chi connectivity index (χ0) is 19.1. The van der Waals surface area contributed by atoms with Crippen molar-refractivity contribution in [2.75, 3.05) is 13.7 Å². The van der Waals surface area contributed by atoms with Crippen molar-refractivity contribution in [1.82, 2.24) is 5.32 Å². The van der Waals surface area contributed by atoms with Gasteiger partial charge in [-0.2, -0.15) is 0 Å². The molecule has 0 aliphatic rings. The Morgan fingerprint density at radius 2 is 2.00 bits per heavy atom. The monoisotopic (exact) mass is 379 g/mol. The average molecular weight is 380 g/mol. The number of esters is 1. The van der Waals surface area contributed by atoms with Gasteiger partial charge in [-0.25, -0.2) is 4.79 Å². The number of amides is 1. The average Bonchev–Trinajstić information content (AvgIpc) is 2.98. The van der Waals surface area contributed by atoms with Crippen molar-refractivity contribution in [3.05, 3.63) is 51.9 Å². The summed E-state index contributed by atoms with van der Waals surface area (Å²) in [4.78, 5) is 23.4. The number of rotatable bonds is 8. The molecule has 2 aromatic rings. The lowest BCUT2D eigenvalue weighted by Crippen LogP contribution is -2.22. The highest BCUT2D eigenvalue weighted by atomic mass is 35.5. The Hall–Kier alpha value is -2.47. The van der Waals surface area contributed by atoms with Gasteiger partial charge in [-0.3, -0.25) is 4.79 Å². The third kappa shape index (κ3) is 5.52. The van der Waals surface area contributed by atoms with E-state index in [1.54, 1.807) is 19.1 Å². The molecule has 0 bridgehead atoms. The Bertz CT molecular complexity index is 784. The van der Waals surface area contributed by atoms with E-state index in [0.29, 0.717) is 41.6 Å². The molecule has 0 radical (unpaired) electrons. The summed E-state index contributed by atoms with van der Waals surface area (Å²) in [7, 11) is 1.31. The van der Waals surface area contributed by atoms with Crippen LogP contribution in [0.15, 0.2) is 28.7 Å². The molecule has 1 amide bonds. The van der Waals surface area contributed by atoms with Crippen LogP contribution in [0, 0.1) is 13.8 Å². The van der Waals surface area contributed by atoms with Crippen LogP contribution < -0.4 is 10.1 Å². The molecule has 1 aromatic heterocycles. The van der Waals surface area contributed by atoms with E-state index in [4.69, 9.17) is 20.8 Å². The van der Waals surface area contributed by atoms with E-state index in [9.17, 15) is 9.59 Å². The Morgan fingerprint density at radius 1 is 1.23 bits per heavy atom. The number of hydrogen-bond acceptors (Lipinski definition) is 5. The summed E-state index contributed by atoms with van der Waals surface area (Å²) in [5.41, 5.74) is 1.32. The van der Waals surface area contributed by atoms with Crippen molar-refractivity contribution in [2.45, 2.75) is 33.2 Å². The van der Waals surface area contributed by atoms with Crippen LogP contribution in [0.1, 0.15) is 40.3 Å². The van der Waals surface area contributed by atoms with Crippen LogP contribution in [0.4, 0.5) is 0 Å². The number of furan rings is 1. The normalized spacial score (nSPS) is 10.5. The zero-order valence-electron chi connectivity index (χ0n) is 15.1. The van der Waals surface area contributed by atoms with E-state index in [2.05, 4.69) is 10.1 Å². The number of benzene rings is 1.